The second-order valence-electron chi connectivity index (χ2n) is 4.42. The van der Waals surface area contributed by atoms with Crippen LogP contribution in [0.15, 0.2) is 59.5 Å². The summed E-state index contributed by atoms with van der Waals surface area (Å²) < 4.78 is 1.40. The van der Waals surface area contributed by atoms with Gasteiger partial charge in [0.25, 0.3) is 11.5 Å². The zero-order chi connectivity index (χ0) is 14.4. The molecule has 2 rings (SSSR count). The van der Waals surface area contributed by atoms with Crippen LogP contribution in [0.2, 0.25) is 0 Å². The van der Waals surface area contributed by atoms with Gasteiger partial charge in [-0.2, -0.15) is 0 Å². The Balaban J connectivity index is 1.87. The Labute approximate surface area is 116 Å². The Morgan fingerprint density at radius 3 is 2.55 bits per heavy atom. The van der Waals surface area contributed by atoms with Crippen LogP contribution in [0.4, 0.5) is 0 Å². The molecule has 20 heavy (non-hydrogen) atoms. The summed E-state index contributed by atoms with van der Waals surface area (Å²) in [7, 11) is 0. The Morgan fingerprint density at radius 1 is 1.15 bits per heavy atom. The molecule has 1 aromatic carbocycles. The third-order valence-electron chi connectivity index (χ3n) is 2.84. The minimum atomic E-state index is -0.817. The Hall–Kier alpha value is -2.40. The summed E-state index contributed by atoms with van der Waals surface area (Å²) >= 11 is 0. The summed E-state index contributed by atoms with van der Waals surface area (Å²) in [6.45, 7) is 0.240. The van der Waals surface area contributed by atoms with Crippen LogP contribution in [0, 0.1) is 0 Å². The van der Waals surface area contributed by atoms with Crippen LogP contribution in [0.1, 0.15) is 10.4 Å². The predicted octanol–water partition coefficient (Wildman–Crippen LogP) is 0.639. The highest BCUT2D eigenvalue weighted by Gasteiger charge is 2.09. The van der Waals surface area contributed by atoms with Crippen LogP contribution in [0.5, 0.6) is 0 Å². The number of pyridine rings is 1. The molecule has 0 fully saturated rings. The van der Waals surface area contributed by atoms with Gasteiger partial charge in [-0.05, 0) is 18.2 Å². The van der Waals surface area contributed by atoms with Crippen molar-refractivity contribution in [2.75, 3.05) is 6.54 Å². The lowest BCUT2D eigenvalue weighted by molar-refractivity contribution is 0.0903. The topological polar surface area (TPSA) is 71.3 Å². The van der Waals surface area contributed by atoms with Gasteiger partial charge < -0.3 is 15.0 Å². The molecule has 1 aromatic heterocycles. The fraction of sp³-hybridized carbons (Fsp3) is 0.200. The smallest absolute Gasteiger partial charge is 0.251 e. The van der Waals surface area contributed by atoms with Crippen molar-refractivity contribution in [3.05, 3.63) is 70.6 Å². The third-order valence-corrected chi connectivity index (χ3v) is 2.84. The van der Waals surface area contributed by atoms with E-state index in [2.05, 4.69) is 5.32 Å². The number of carbonyl (C=O) groups is 1. The van der Waals surface area contributed by atoms with Crippen molar-refractivity contribution in [3.8, 4) is 0 Å². The molecule has 0 bridgehead atoms. The molecule has 0 radical (unpaired) electrons. The molecule has 0 aliphatic carbocycles. The monoisotopic (exact) mass is 272 g/mol. The van der Waals surface area contributed by atoms with Gasteiger partial charge in [-0.15, -0.1) is 0 Å². The van der Waals surface area contributed by atoms with E-state index in [9.17, 15) is 14.7 Å². The van der Waals surface area contributed by atoms with E-state index >= 15 is 0 Å². The molecule has 1 atom stereocenters. The first-order chi connectivity index (χ1) is 9.66. The normalized spacial score (nSPS) is 11.8. The summed E-state index contributed by atoms with van der Waals surface area (Å²) in [4.78, 5) is 23.3. The molecule has 5 nitrogen and oxygen atoms in total. The highest BCUT2D eigenvalue weighted by atomic mass is 16.3. The Kier molecular flexibility index (Phi) is 4.68. The molecule has 104 valence electrons. The Bertz CT molecular complexity index is 622. The predicted molar refractivity (Wildman–Crippen MR) is 75.5 cm³/mol. The number of rotatable bonds is 5. The first-order valence-electron chi connectivity index (χ1n) is 6.33. The number of hydrogen-bond acceptors (Lipinski definition) is 3. The molecule has 2 aromatic rings. The van der Waals surface area contributed by atoms with Gasteiger partial charge in [-0.3, -0.25) is 9.59 Å². The molecular formula is C15H16N2O3. The van der Waals surface area contributed by atoms with E-state index in [0.717, 1.165) is 0 Å². The van der Waals surface area contributed by atoms with Crippen LogP contribution in [-0.2, 0) is 6.54 Å². The SMILES string of the molecule is O=C(NCC(O)Cn1ccccc1=O)c1ccccc1. The summed E-state index contributed by atoms with van der Waals surface area (Å²) in [6, 6.07) is 13.6. The minimum absolute atomic E-state index is 0.0923. The van der Waals surface area contributed by atoms with E-state index in [1.54, 1.807) is 42.6 Å². The number of aliphatic hydroxyl groups is 1. The standard InChI is InChI=1S/C15H16N2O3/c18-13(11-17-9-5-4-8-14(17)19)10-16-15(20)12-6-2-1-3-7-12/h1-9,13,18H,10-11H2,(H,16,20). The molecule has 0 aliphatic heterocycles. The average Bonchev–Trinajstić information content (AvgIpc) is 2.48. The van der Waals surface area contributed by atoms with E-state index in [-0.39, 0.29) is 24.6 Å². The molecule has 5 heteroatoms. The second-order valence-corrected chi connectivity index (χ2v) is 4.42. The first kappa shape index (κ1) is 14.0. The van der Waals surface area contributed by atoms with Gasteiger partial charge in [0.05, 0.1) is 12.6 Å². The van der Waals surface area contributed by atoms with Gasteiger partial charge in [0.2, 0.25) is 0 Å². The highest BCUT2D eigenvalue weighted by molar-refractivity contribution is 5.94. The van der Waals surface area contributed by atoms with Gasteiger partial charge in [-0.25, -0.2) is 0 Å². The Morgan fingerprint density at radius 2 is 1.85 bits per heavy atom. The quantitative estimate of drug-likeness (QED) is 0.839. The largest absolute Gasteiger partial charge is 0.389 e. The number of amides is 1. The van der Waals surface area contributed by atoms with Crippen LogP contribution in [-0.4, -0.2) is 28.2 Å². The number of nitrogens with zero attached hydrogens (tertiary/aromatic N) is 1. The van der Waals surface area contributed by atoms with Gasteiger partial charge in [-0.1, -0.05) is 24.3 Å². The van der Waals surface area contributed by atoms with Crippen molar-refractivity contribution in [1.29, 1.82) is 0 Å². The van der Waals surface area contributed by atoms with Crippen LogP contribution < -0.4 is 10.9 Å². The van der Waals surface area contributed by atoms with Crippen molar-refractivity contribution in [1.82, 2.24) is 9.88 Å². The summed E-state index contributed by atoms with van der Waals surface area (Å²) in [5, 5.41) is 12.5. The molecule has 1 heterocycles. The van der Waals surface area contributed by atoms with Gasteiger partial charge >= 0.3 is 0 Å². The zero-order valence-corrected chi connectivity index (χ0v) is 10.9. The maximum absolute atomic E-state index is 11.8. The average molecular weight is 272 g/mol. The van der Waals surface area contributed by atoms with Crippen molar-refractivity contribution in [2.24, 2.45) is 0 Å². The summed E-state index contributed by atoms with van der Waals surface area (Å²) in [6.07, 6.45) is 0.785. The molecule has 0 saturated carbocycles. The molecule has 0 saturated heterocycles. The van der Waals surface area contributed by atoms with Crippen LogP contribution in [0.25, 0.3) is 0 Å². The van der Waals surface area contributed by atoms with Crippen molar-refractivity contribution < 1.29 is 9.90 Å². The van der Waals surface area contributed by atoms with Crippen LogP contribution in [0.3, 0.4) is 0 Å². The molecular weight excluding hydrogens is 256 g/mol. The van der Waals surface area contributed by atoms with Crippen molar-refractivity contribution in [3.63, 3.8) is 0 Å². The lowest BCUT2D eigenvalue weighted by atomic mass is 10.2. The second kappa shape index (κ2) is 6.68. The van der Waals surface area contributed by atoms with E-state index in [0.29, 0.717) is 5.56 Å². The van der Waals surface area contributed by atoms with Crippen molar-refractivity contribution >= 4 is 5.91 Å². The number of aromatic nitrogens is 1. The summed E-state index contributed by atoms with van der Waals surface area (Å²) in [5.41, 5.74) is 0.359. The number of carbonyl (C=O) groups excluding carboxylic acids is 1. The molecule has 1 unspecified atom stereocenters. The van der Waals surface area contributed by atoms with Gasteiger partial charge in [0, 0.05) is 24.4 Å². The summed E-state index contributed by atoms with van der Waals surface area (Å²) in [5.74, 6) is -0.245. The maximum atomic E-state index is 11.8. The van der Waals surface area contributed by atoms with Crippen molar-refractivity contribution in [2.45, 2.75) is 12.6 Å². The number of aliphatic hydroxyl groups excluding tert-OH is 1. The lowest BCUT2D eigenvalue weighted by Crippen LogP contribution is -2.36. The molecule has 1 amide bonds. The fourth-order valence-corrected chi connectivity index (χ4v) is 1.81. The minimum Gasteiger partial charge on any atom is -0.389 e. The zero-order valence-electron chi connectivity index (χ0n) is 10.9. The van der Waals surface area contributed by atoms with Gasteiger partial charge in [0.1, 0.15) is 0 Å². The number of nitrogens with one attached hydrogen (secondary N) is 1. The third kappa shape index (κ3) is 3.80. The molecule has 0 spiro atoms. The van der Waals surface area contributed by atoms with E-state index < -0.39 is 6.10 Å². The molecule has 2 N–H and O–H groups in total. The fourth-order valence-electron chi connectivity index (χ4n) is 1.81. The van der Waals surface area contributed by atoms with Crippen LogP contribution >= 0.6 is 0 Å². The van der Waals surface area contributed by atoms with E-state index in [1.165, 1.54) is 10.6 Å². The van der Waals surface area contributed by atoms with E-state index in [1.807, 2.05) is 6.07 Å². The first-order valence-corrected chi connectivity index (χ1v) is 6.33. The van der Waals surface area contributed by atoms with E-state index in [4.69, 9.17) is 0 Å². The number of benzene rings is 1. The number of hydrogen-bond donors (Lipinski definition) is 2. The van der Waals surface area contributed by atoms with Gasteiger partial charge in [0.15, 0.2) is 0 Å². The lowest BCUT2D eigenvalue weighted by Gasteiger charge is -2.13. The molecule has 0 aliphatic rings. The highest BCUT2D eigenvalue weighted by Crippen LogP contribution is 1.98. The maximum Gasteiger partial charge on any atom is 0.251 e.